The van der Waals surface area contributed by atoms with Crippen molar-refractivity contribution < 1.29 is 17.9 Å². The van der Waals surface area contributed by atoms with Crippen LogP contribution in [0.5, 0.6) is 5.75 Å². The molecule has 3 aromatic rings. The third-order valence-electron chi connectivity index (χ3n) is 5.15. The quantitative estimate of drug-likeness (QED) is 0.657. The van der Waals surface area contributed by atoms with Gasteiger partial charge in [0.1, 0.15) is 12.4 Å². The molecule has 0 bridgehead atoms. The lowest BCUT2D eigenvalue weighted by Crippen LogP contribution is -2.38. The second-order valence-electron chi connectivity index (χ2n) is 7.38. The molecule has 8 heteroatoms. The van der Waals surface area contributed by atoms with Gasteiger partial charge < -0.3 is 10.1 Å². The first-order valence-electron chi connectivity index (χ1n) is 9.95. The molecule has 7 nitrogen and oxygen atoms in total. The van der Waals surface area contributed by atoms with E-state index in [1.165, 1.54) is 4.31 Å². The van der Waals surface area contributed by atoms with Crippen molar-refractivity contribution in [1.82, 2.24) is 4.98 Å². The van der Waals surface area contributed by atoms with E-state index in [0.29, 0.717) is 5.75 Å². The molecular weight excluding hydrogens is 414 g/mol. The number of nitrogens with zero attached hydrogens (tertiary/aromatic N) is 2. The normalized spacial score (nSPS) is 14.3. The standard InChI is InChI=1S/C23H23N3O4S/c1-16-7-6-10-19(15-16)31(28,29)26-13-14-30-20-11-12-21(24-22(20)26)25-23(27)17(2)18-8-4-3-5-9-18/h3-12,15,17H,13-14H2,1-2H3,(H,24,25,27). The number of sulfonamides is 1. The summed E-state index contributed by atoms with van der Waals surface area (Å²) in [5, 5.41) is 2.78. The van der Waals surface area contributed by atoms with Gasteiger partial charge in [-0.2, -0.15) is 0 Å². The van der Waals surface area contributed by atoms with Crippen LogP contribution in [0.3, 0.4) is 0 Å². The molecule has 0 spiro atoms. The number of fused-ring (bicyclic) bond motifs is 1. The van der Waals surface area contributed by atoms with Gasteiger partial charge in [0.15, 0.2) is 11.6 Å². The highest BCUT2D eigenvalue weighted by Crippen LogP contribution is 2.35. The van der Waals surface area contributed by atoms with Gasteiger partial charge in [0, 0.05) is 0 Å². The largest absolute Gasteiger partial charge is 0.488 e. The molecule has 31 heavy (non-hydrogen) atoms. The van der Waals surface area contributed by atoms with Gasteiger partial charge in [-0.1, -0.05) is 42.5 Å². The van der Waals surface area contributed by atoms with Crippen LogP contribution in [0, 0.1) is 6.92 Å². The summed E-state index contributed by atoms with van der Waals surface area (Å²) in [5.74, 6) is 0.168. The Labute approximate surface area is 181 Å². The van der Waals surface area contributed by atoms with E-state index < -0.39 is 10.0 Å². The number of aromatic nitrogens is 1. The molecule has 0 saturated carbocycles. The second-order valence-corrected chi connectivity index (χ2v) is 9.24. The number of amides is 1. The molecule has 1 N–H and O–H groups in total. The van der Waals surface area contributed by atoms with Crippen molar-refractivity contribution in [3.63, 3.8) is 0 Å². The number of nitrogens with one attached hydrogen (secondary N) is 1. The third kappa shape index (κ3) is 4.25. The van der Waals surface area contributed by atoms with E-state index in [-0.39, 0.29) is 41.5 Å². The Morgan fingerprint density at radius 3 is 2.61 bits per heavy atom. The number of hydrogen-bond acceptors (Lipinski definition) is 5. The van der Waals surface area contributed by atoms with Gasteiger partial charge in [0.2, 0.25) is 5.91 Å². The van der Waals surface area contributed by atoms with E-state index >= 15 is 0 Å². The number of aryl methyl sites for hydroxylation is 1. The van der Waals surface area contributed by atoms with Crippen LogP contribution < -0.4 is 14.4 Å². The lowest BCUT2D eigenvalue weighted by Gasteiger charge is -2.29. The molecule has 2 aromatic carbocycles. The lowest BCUT2D eigenvalue weighted by molar-refractivity contribution is -0.117. The maximum Gasteiger partial charge on any atom is 0.265 e. The molecule has 160 valence electrons. The van der Waals surface area contributed by atoms with Gasteiger partial charge in [-0.25, -0.2) is 17.7 Å². The monoisotopic (exact) mass is 437 g/mol. The topological polar surface area (TPSA) is 88.6 Å². The fourth-order valence-corrected chi connectivity index (χ4v) is 4.92. The van der Waals surface area contributed by atoms with Gasteiger partial charge >= 0.3 is 0 Å². The minimum absolute atomic E-state index is 0.133. The number of anilines is 2. The first-order valence-corrected chi connectivity index (χ1v) is 11.4. The van der Waals surface area contributed by atoms with Crippen molar-refractivity contribution in [1.29, 1.82) is 0 Å². The first kappa shape index (κ1) is 20.9. The van der Waals surface area contributed by atoms with Gasteiger partial charge in [0.25, 0.3) is 10.0 Å². The smallest absolute Gasteiger partial charge is 0.265 e. The molecule has 0 aliphatic carbocycles. The summed E-state index contributed by atoms with van der Waals surface area (Å²) in [7, 11) is -3.82. The predicted molar refractivity (Wildman–Crippen MR) is 119 cm³/mol. The van der Waals surface area contributed by atoms with Crippen LogP contribution in [0.1, 0.15) is 24.0 Å². The van der Waals surface area contributed by atoms with Crippen LogP contribution in [0.2, 0.25) is 0 Å². The van der Waals surface area contributed by atoms with Crippen molar-refractivity contribution in [2.75, 3.05) is 22.8 Å². The number of benzene rings is 2. The van der Waals surface area contributed by atoms with Crippen molar-refractivity contribution in [2.24, 2.45) is 0 Å². The van der Waals surface area contributed by atoms with Gasteiger partial charge in [-0.15, -0.1) is 0 Å². The summed E-state index contributed by atoms with van der Waals surface area (Å²) in [6.07, 6.45) is 0. The second kappa shape index (κ2) is 8.39. The van der Waals surface area contributed by atoms with Crippen LogP contribution in [0.15, 0.2) is 71.6 Å². The number of hydrogen-bond donors (Lipinski definition) is 1. The zero-order valence-corrected chi connectivity index (χ0v) is 18.1. The van der Waals surface area contributed by atoms with Crippen molar-refractivity contribution in [3.8, 4) is 5.75 Å². The molecular formula is C23H23N3O4S. The van der Waals surface area contributed by atoms with Gasteiger partial charge in [-0.05, 0) is 49.2 Å². The number of carbonyl (C=O) groups excluding carboxylic acids is 1. The van der Waals surface area contributed by atoms with Crippen molar-refractivity contribution in [3.05, 3.63) is 77.9 Å². The van der Waals surface area contributed by atoms with E-state index in [0.717, 1.165) is 11.1 Å². The summed E-state index contributed by atoms with van der Waals surface area (Å²) in [4.78, 5) is 17.3. The van der Waals surface area contributed by atoms with E-state index in [1.54, 1.807) is 37.3 Å². The first-order chi connectivity index (χ1) is 14.9. The molecule has 4 rings (SSSR count). The molecule has 2 heterocycles. The third-order valence-corrected chi connectivity index (χ3v) is 6.93. The molecule has 0 fully saturated rings. The Bertz CT molecular complexity index is 1210. The van der Waals surface area contributed by atoms with E-state index in [4.69, 9.17) is 4.74 Å². The van der Waals surface area contributed by atoms with Crippen LogP contribution >= 0.6 is 0 Å². The fourth-order valence-electron chi connectivity index (χ4n) is 3.41. The summed E-state index contributed by atoms with van der Waals surface area (Å²) in [6.45, 7) is 4.00. The average molecular weight is 438 g/mol. The number of pyridine rings is 1. The zero-order chi connectivity index (χ0) is 22.0. The van der Waals surface area contributed by atoms with Gasteiger partial charge in [0.05, 0.1) is 17.4 Å². The van der Waals surface area contributed by atoms with Crippen molar-refractivity contribution >= 4 is 27.6 Å². The Hall–Kier alpha value is -3.39. The highest BCUT2D eigenvalue weighted by atomic mass is 32.2. The Morgan fingerprint density at radius 1 is 1.10 bits per heavy atom. The van der Waals surface area contributed by atoms with Crippen LogP contribution in [0.25, 0.3) is 0 Å². The number of carbonyl (C=O) groups is 1. The van der Waals surface area contributed by atoms with E-state index in [2.05, 4.69) is 10.3 Å². The summed E-state index contributed by atoms with van der Waals surface area (Å²) in [5.41, 5.74) is 1.73. The minimum Gasteiger partial charge on any atom is -0.488 e. The molecule has 1 aromatic heterocycles. The van der Waals surface area contributed by atoms with E-state index in [9.17, 15) is 13.2 Å². The SMILES string of the molecule is Cc1cccc(S(=O)(=O)N2CCOc3ccc(NC(=O)C(C)c4ccccc4)nc32)c1. The van der Waals surface area contributed by atoms with Crippen LogP contribution in [-0.4, -0.2) is 32.5 Å². The van der Waals surface area contributed by atoms with E-state index in [1.807, 2.05) is 43.3 Å². The minimum atomic E-state index is -3.82. The summed E-state index contributed by atoms with van der Waals surface area (Å²) >= 11 is 0. The maximum atomic E-state index is 13.3. The zero-order valence-electron chi connectivity index (χ0n) is 17.3. The Morgan fingerprint density at radius 2 is 1.87 bits per heavy atom. The molecule has 1 aliphatic heterocycles. The molecule has 1 unspecified atom stereocenters. The molecule has 0 radical (unpaired) electrons. The highest BCUT2D eigenvalue weighted by molar-refractivity contribution is 7.92. The maximum absolute atomic E-state index is 13.3. The molecule has 1 aliphatic rings. The van der Waals surface area contributed by atoms with Gasteiger partial charge in [-0.3, -0.25) is 4.79 Å². The number of rotatable bonds is 5. The summed E-state index contributed by atoms with van der Waals surface area (Å²) < 4.78 is 33.4. The average Bonchev–Trinajstić information content (AvgIpc) is 2.78. The highest BCUT2D eigenvalue weighted by Gasteiger charge is 2.32. The lowest BCUT2D eigenvalue weighted by atomic mass is 10.0. The molecule has 0 saturated heterocycles. The fraction of sp³-hybridized carbons (Fsp3) is 0.217. The van der Waals surface area contributed by atoms with Crippen LogP contribution in [0.4, 0.5) is 11.6 Å². The van der Waals surface area contributed by atoms with Crippen LogP contribution in [-0.2, 0) is 14.8 Å². The Balaban J connectivity index is 1.63. The predicted octanol–water partition coefficient (Wildman–Crippen LogP) is 3.72. The number of ether oxygens (including phenoxy) is 1. The summed E-state index contributed by atoms with van der Waals surface area (Å²) in [6, 6.07) is 19.4. The Kier molecular flexibility index (Phi) is 5.65. The molecule has 1 atom stereocenters. The van der Waals surface area contributed by atoms with Crippen molar-refractivity contribution in [2.45, 2.75) is 24.7 Å². The molecule has 1 amide bonds.